The van der Waals surface area contributed by atoms with Crippen LogP contribution in [0.15, 0.2) is 30.5 Å². The molecule has 0 saturated carbocycles. The fraction of sp³-hybridized carbons (Fsp3) is 0.381. The Bertz CT molecular complexity index is 1070. The van der Waals surface area contributed by atoms with Crippen molar-refractivity contribution >= 4 is 17.5 Å². The number of nitrogens with one attached hydrogen (secondary N) is 1. The topological polar surface area (TPSA) is 62.5 Å². The van der Waals surface area contributed by atoms with Crippen LogP contribution >= 0.6 is 0 Å². The molecule has 1 N–H and O–H groups in total. The van der Waals surface area contributed by atoms with Crippen LogP contribution in [0.5, 0.6) is 0 Å². The summed E-state index contributed by atoms with van der Waals surface area (Å²) in [6.45, 7) is 8.44. The van der Waals surface area contributed by atoms with Crippen molar-refractivity contribution in [3.05, 3.63) is 58.5 Å². The summed E-state index contributed by atoms with van der Waals surface area (Å²) in [5.74, 6) is 0.980. The summed E-state index contributed by atoms with van der Waals surface area (Å²) in [5.41, 5.74) is 2.49. The van der Waals surface area contributed by atoms with Gasteiger partial charge in [-0.2, -0.15) is 18.2 Å². The summed E-state index contributed by atoms with van der Waals surface area (Å²) in [4.78, 5) is 22.4. The number of benzene rings is 1. The highest BCUT2D eigenvalue weighted by Gasteiger charge is 2.31. The Morgan fingerprint density at radius 1 is 1.23 bits per heavy atom. The van der Waals surface area contributed by atoms with E-state index >= 15 is 0 Å². The molecule has 0 saturated heterocycles. The summed E-state index contributed by atoms with van der Waals surface area (Å²) >= 11 is 0. The molecule has 1 amide bonds. The Morgan fingerprint density at radius 2 is 1.97 bits per heavy atom. The summed E-state index contributed by atoms with van der Waals surface area (Å²) in [6, 6.07) is 5.18. The van der Waals surface area contributed by atoms with E-state index in [4.69, 9.17) is 0 Å². The number of imidazole rings is 1. The molecule has 2 aromatic heterocycles. The van der Waals surface area contributed by atoms with Crippen molar-refractivity contribution in [2.45, 2.75) is 53.5 Å². The lowest BCUT2D eigenvalue weighted by atomic mass is 10.1. The first-order chi connectivity index (χ1) is 14.2. The highest BCUT2D eigenvalue weighted by molar-refractivity contribution is 5.75. The molecule has 0 unspecified atom stereocenters. The molecule has 160 valence electrons. The van der Waals surface area contributed by atoms with Crippen LogP contribution in [0, 0.1) is 6.92 Å². The maximum absolute atomic E-state index is 12.9. The van der Waals surface area contributed by atoms with Gasteiger partial charge in [0.25, 0.3) is 0 Å². The van der Waals surface area contributed by atoms with Crippen molar-refractivity contribution in [1.82, 2.24) is 19.3 Å². The quantitative estimate of drug-likeness (QED) is 0.676. The van der Waals surface area contributed by atoms with Gasteiger partial charge in [0.2, 0.25) is 11.7 Å². The zero-order chi connectivity index (χ0) is 22.1. The Kier molecular flexibility index (Phi) is 6.00. The first kappa shape index (κ1) is 21.6. The lowest BCUT2D eigenvalue weighted by molar-refractivity contribution is -0.137. The lowest BCUT2D eigenvalue weighted by Crippen LogP contribution is -2.22. The molecule has 1 aromatic carbocycles. The second kappa shape index (κ2) is 8.33. The van der Waals surface area contributed by atoms with Crippen LogP contribution in [-0.4, -0.2) is 25.2 Å². The molecule has 0 radical (unpaired) electrons. The molecule has 0 bridgehead atoms. The molecule has 0 atom stereocenters. The Hall–Kier alpha value is -3.10. The third kappa shape index (κ3) is 4.10. The second-order valence-corrected chi connectivity index (χ2v) is 6.85. The largest absolute Gasteiger partial charge is 0.416 e. The van der Waals surface area contributed by atoms with Crippen molar-refractivity contribution < 1.29 is 18.0 Å². The van der Waals surface area contributed by atoms with Crippen molar-refractivity contribution in [2.24, 2.45) is 0 Å². The van der Waals surface area contributed by atoms with Crippen molar-refractivity contribution in [3.63, 3.8) is 0 Å². The van der Waals surface area contributed by atoms with Gasteiger partial charge in [-0.25, -0.2) is 4.98 Å². The fourth-order valence-electron chi connectivity index (χ4n) is 3.45. The van der Waals surface area contributed by atoms with Gasteiger partial charge in [-0.1, -0.05) is 26.0 Å². The van der Waals surface area contributed by atoms with Gasteiger partial charge in [0.15, 0.2) is 0 Å². The van der Waals surface area contributed by atoms with Gasteiger partial charge in [0.05, 0.1) is 30.5 Å². The Morgan fingerprint density at radius 3 is 2.63 bits per heavy atom. The standard InChI is InChI=1S/C19H18F3N5O.C2H6/c1-11-7-24-18-25-17(15-9-26(12(2)28)10-16(15)27(11)18)23-8-13-4-3-5-14(6-13)19(20,21)22;1-2/h3-7H,8-10H2,1-2H3,(H,23,24,25);1-2H3. The molecule has 0 spiro atoms. The summed E-state index contributed by atoms with van der Waals surface area (Å²) < 4.78 is 40.7. The highest BCUT2D eigenvalue weighted by atomic mass is 19.4. The summed E-state index contributed by atoms with van der Waals surface area (Å²) in [5, 5.41) is 3.13. The number of anilines is 1. The minimum Gasteiger partial charge on any atom is -0.366 e. The van der Waals surface area contributed by atoms with E-state index in [-0.39, 0.29) is 12.5 Å². The molecule has 30 heavy (non-hydrogen) atoms. The van der Waals surface area contributed by atoms with Crippen LogP contribution in [0.2, 0.25) is 0 Å². The predicted octanol–water partition coefficient (Wildman–Crippen LogP) is 4.56. The number of halogens is 3. The normalized spacial score (nSPS) is 13.1. The lowest BCUT2D eigenvalue weighted by Gasteiger charge is -2.13. The smallest absolute Gasteiger partial charge is 0.366 e. The third-order valence-corrected chi connectivity index (χ3v) is 4.88. The van der Waals surface area contributed by atoms with Crippen LogP contribution in [-0.2, 0) is 30.6 Å². The summed E-state index contributed by atoms with van der Waals surface area (Å²) in [7, 11) is 0. The number of fused-ring (bicyclic) bond motifs is 3. The van der Waals surface area contributed by atoms with Gasteiger partial charge in [-0.05, 0) is 24.6 Å². The van der Waals surface area contributed by atoms with E-state index in [1.165, 1.54) is 13.0 Å². The molecule has 0 fully saturated rings. The van der Waals surface area contributed by atoms with E-state index in [9.17, 15) is 18.0 Å². The molecule has 3 aromatic rings. The molecule has 1 aliphatic rings. The monoisotopic (exact) mass is 419 g/mol. The van der Waals surface area contributed by atoms with Crippen LogP contribution in [0.1, 0.15) is 48.8 Å². The van der Waals surface area contributed by atoms with Gasteiger partial charge >= 0.3 is 6.18 Å². The number of carbonyl (C=O) groups is 1. The first-order valence-electron chi connectivity index (χ1n) is 9.75. The minimum absolute atomic E-state index is 0.0500. The number of nitrogens with zero attached hydrogens (tertiary/aromatic N) is 4. The number of amides is 1. The summed E-state index contributed by atoms with van der Waals surface area (Å²) in [6.07, 6.45) is -2.68. The Labute approximate surface area is 172 Å². The average Bonchev–Trinajstić information content (AvgIpc) is 3.31. The number of hydrogen-bond acceptors (Lipinski definition) is 4. The van der Waals surface area contributed by atoms with Gasteiger partial charge in [-0.15, -0.1) is 0 Å². The molecule has 4 rings (SSSR count). The van der Waals surface area contributed by atoms with Crippen LogP contribution in [0.25, 0.3) is 5.78 Å². The van der Waals surface area contributed by atoms with E-state index in [2.05, 4.69) is 15.3 Å². The van der Waals surface area contributed by atoms with Gasteiger partial charge in [0, 0.05) is 24.7 Å². The maximum Gasteiger partial charge on any atom is 0.416 e. The maximum atomic E-state index is 12.9. The van der Waals surface area contributed by atoms with Crippen molar-refractivity contribution in [2.75, 3.05) is 5.32 Å². The van der Waals surface area contributed by atoms with E-state index in [1.54, 1.807) is 17.2 Å². The highest BCUT2D eigenvalue weighted by Crippen LogP contribution is 2.31. The zero-order valence-electron chi connectivity index (χ0n) is 17.3. The Balaban J connectivity index is 0.00000124. The van der Waals surface area contributed by atoms with E-state index in [1.807, 2.05) is 25.2 Å². The van der Waals surface area contributed by atoms with Crippen molar-refractivity contribution in [3.8, 4) is 0 Å². The van der Waals surface area contributed by atoms with E-state index < -0.39 is 11.7 Å². The second-order valence-electron chi connectivity index (χ2n) is 6.85. The molecule has 1 aliphatic heterocycles. The molecular weight excluding hydrogens is 395 g/mol. The van der Waals surface area contributed by atoms with Gasteiger partial charge in [0.1, 0.15) is 5.82 Å². The van der Waals surface area contributed by atoms with Crippen LogP contribution in [0.4, 0.5) is 19.0 Å². The van der Waals surface area contributed by atoms with Crippen LogP contribution < -0.4 is 5.32 Å². The minimum atomic E-state index is -4.39. The number of aryl methyl sites for hydroxylation is 1. The first-order valence-corrected chi connectivity index (χ1v) is 9.75. The van der Waals surface area contributed by atoms with E-state index in [0.717, 1.165) is 29.1 Å². The molecular formula is C21H24F3N5O. The molecule has 6 nitrogen and oxygen atoms in total. The van der Waals surface area contributed by atoms with Crippen molar-refractivity contribution in [1.29, 1.82) is 0 Å². The SMILES string of the molecule is CC.CC(=O)N1Cc2c(NCc3cccc(C(F)(F)F)c3)nc3ncc(C)n3c2C1. The van der Waals surface area contributed by atoms with Crippen LogP contribution in [0.3, 0.4) is 0 Å². The predicted molar refractivity (Wildman–Crippen MR) is 108 cm³/mol. The number of carbonyl (C=O) groups excluding carboxylic acids is 1. The number of rotatable bonds is 3. The fourth-order valence-corrected chi connectivity index (χ4v) is 3.45. The average molecular weight is 419 g/mol. The number of alkyl halides is 3. The molecule has 3 heterocycles. The van der Waals surface area contributed by atoms with Gasteiger partial charge < -0.3 is 10.2 Å². The molecule has 9 heteroatoms. The third-order valence-electron chi connectivity index (χ3n) is 4.88. The number of aromatic nitrogens is 3. The molecule has 0 aliphatic carbocycles. The zero-order valence-corrected chi connectivity index (χ0v) is 17.3. The number of hydrogen-bond donors (Lipinski definition) is 1. The van der Waals surface area contributed by atoms with Gasteiger partial charge in [-0.3, -0.25) is 9.20 Å². The van der Waals surface area contributed by atoms with E-state index in [0.29, 0.717) is 30.2 Å².